The maximum atomic E-state index is 13.2. The second-order valence-electron chi connectivity index (χ2n) is 5.43. The van der Waals surface area contributed by atoms with Crippen molar-refractivity contribution in [2.45, 2.75) is 12.7 Å². The molecule has 0 atom stereocenters. The highest BCUT2D eigenvalue weighted by Gasteiger charge is 2.34. The number of carbonyl (C=O) groups excluding carboxylic acids is 1. The van der Waals surface area contributed by atoms with Crippen LogP contribution >= 0.6 is 22.9 Å². The Hall–Kier alpha value is -2.65. The van der Waals surface area contributed by atoms with E-state index in [0.717, 1.165) is 17.4 Å². The number of thiazole rings is 1. The molecule has 1 aromatic carbocycles. The van der Waals surface area contributed by atoms with Crippen molar-refractivity contribution in [2.24, 2.45) is 0 Å². The van der Waals surface area contributed by atoms with Gasteiger partial charge >= 0.3 is 6.18 Å². The molecule has 0 saturated heterocycles. The van der Waals surface area contributed by atoms with E-state index in [1.807, 2.05) is 0 Å². The molecule has 0 radical (unpaired) electrons. The topological polar surface area (TPSA) is 68.9 Å². The number of hydrogen-bond donors (Lipinski definition) is 1. The monoisotopic (exact) mass is 413 g/mol. The molecule has 0 aliphatic carbocycles. The maximum absolute atomic E-state index is 13.2. The molecule has 1 N–H and O–H groups in total. The van der Waals surface area contributed by atoms with Crippen molar-refractivity contribution < 1.29 is 22.7 Å². The Bertz CT molecular complexity index is 992. The Morgan fingerprint density at radius 2 is 2.07 bits per heavy atom. The first-order valence-corrected chi connectivity index (χ1v) is 8.79. The van der Waals surface area contributed by atoms with Gasteiger partial charge in [-0.25, -0.2) is 4.98 Å². The van der Waals surface area contributed by atoms with E-state index in [0.29, 0.717) is 10.4 Å². The highest BCUT2D eigenvalue weighted by molar-refractivity contribution is 7.13. The number of alkyl halides is 3. The lowest BCUT2D eigenvalue weighted by Crippen LogP contribution is -2.35. The molecule has 0 bridgehead atoms. The lowest BCUT2D eigenvalue weighted by atomic mass is 10.1. The summed E-state index contributed by atoms with van der Waals surface area (Å²) in [6, 6.07) is 8.11. The summed E-state index contributed by atoms with van der Waals surface area (Å²) in [5.41, 5.74) is -0.797. The molecule has 0 aliphatic rings. The summed E-state index contributed by atoms with van der Waals surface area (Å²) in [5, 5.41) is 15.4. The third-order valence-corrected chi connectivity index (χ3v) is 4.70. The van der Waals surface area contributed by atoms with Crippen LogP contribution in [0.25, 0.3) is 10.6 Å². The molecule has 0 saturated carbocycles. The maximum Gasteiger partial charge on any atom is 0.417 e. The van der Waals surface area contributed by atoms with Gasteiger partial charge in [-0.3, -0.25) is 4.79 Å². The quantitative estimate of drug-likeness (QED) is 0.518. The van der Waals surface area contributed by atoms with Crippen LogP contribution in [0, 0.1) is 5.21 Å². The average Bonchev–Trinajstić information content (AvgIpc) is 3.10. The number of nitrogens with zero attached hydrogens (tertiary/aromatic N) is 2. The first kappa shape index (κ1) is 19.1. The van der Waals surface area contributed by atoms with Crippen LogP contribution in [0.1, 0.15) is 21.7 Å². The van der Waals surface area contributed by atoms with Crippen LogP contribution in [0.3, 0.4) is 0 Å². The number of benzene rings is 1. The van der Waals surface area contributed by atoms with Gasteiger partial charge < -0.3 is 10.5 Å². The van der Waals surface area contributed by atoms with Crippen molar-refractivity contribution in [3.8, 4) is 10.6 Å². The van der Waals surface area contributed by atoms with Gasteiger partial charge in [0.1, 0.15) is 17.2 Å². The Morgan fingerprint density at radius 1 is 1.30 bits per heavy atom. The second-order valence-corrected chi connectivity index (χ2v) is 6.72. The minimum Gasteiger partial charge on any atom is -0.618 e. The number of halogens is 4. The molecule has 1 amide bonds. The van der Waals surface area contributed by atoms with Crippen LogP contribution in [0.15, 0.2) is 48.0 Å². The van der Waals surface area contributed by atoms with Crippen LogP contribution in [0.5, 0.6) is 0 Å². The fourth-order valence-corrected chi connectivity index (χ4v) is 3.31. The van der Waals surface area contributed by atoms with Gasteiger partial charge in [-0.05, 0) is 24.3 Å². The van der Waals surface area contributed by atoms with E-state index in [1.54, 1.807) is 18.2 Å². The van der Waals surface area contributed by atoms with Crippen LogP contribution in [-0.4, -0.2) is 10.9 Å². The minimum atomic E-state index is -4.61. The van der Waals surface area contributed by atoms with E-state index in [4.69, 9.17) is 11.6 Å². The predicted molar refractivity (Wildman–Crippen MR) is 94.1 cm³/mol. The van der Waals surface area contributed by atoms with E-state index in [2.05, 4.69) is 10.3 Å². The molecule has 27 heavy (non-hydrogen) atoms. The molecular formula is C17H11ClF3N3O2S. The summed E-state index contributed by atoms with van der Waals surface area (Å²) >= 11 is 6.58. The Morgan fingerprint density at radius 3 is 2.78 bits per heavy atom. The molecule has 3 aromatic rings. The SMILES string of the molecule is O=C(NCc1cccc[n+]1[O-])c1csc(-c2ccc(Cl)cc2C(F)(F)F)n1. The highest BCUT2D eigenvalue weighted by Crippen LogP contribution is 2.39. The number of pyridine rings is 1. The fraction of sp³-hybridized carbons (Fsp3) is 0.118. The third-order valence-electron chi connectivity index (χ3n) is 3.59. The van der Waals surface area contributed by atoms with Gasteiger partial charge in [-0.2, -0.15) is 17.9 Å². The van der Waals surface area contributed by atoms with Crippen LogP contribution in [0.2, 0.25) is 5.02 Å². The molecule has 10 heteroatoms. The standard InChI is InChI=1S/C17H11ClF3N3O2S/c18-10-4-5-12(13(7-10)17(19,20)21)16-23-14(9-27-16)15(25)22-8-11-3-1-2-6-24(11)26/h1-7,9H,8H2,(H,22,25). The smallest absolute Gasteiger partial charge is 0.417 e. The summed E-state index contributed by atoms with van der Waals surface area (Å²) in [7, 11) is 0. The molecule has 2 heterocycles. The number of rotatable bonds is 4. The molecule has 5 nitrogen and oxygen atoms in total. The molecule has 2 aromatic heterocycles. The van der Waals surface area contributed by atoms with Crippen LogP contribution in [-0.2, 0) is 12.7 Å². The van der Waals surface area contributed by atoms with Crippen molar-refractivity contribution in [1.82, 2.24) is 10.3 Å². The van der Waals surface area contributed by atoms with Crippen molar-refractivity contribution in [2.75, 3.05) is 0 Å². The Kier molecular flexibility index (Phi) is 5.33. The van der Waals surface area contributed by atoms with Gasteiger partial charge in [0, 0.05) is 28.1 Å². The second kappa shape index (κ2) is 7.53. The molecular weight excluding hydrogens is 403 g/mol. The molecule has 0 spiro atoms. The first-order chi connectivity index (χ1) is 12.8. The van der Waals surface area contributed by atoms with Gasteiger partial charge in [0.2, 0.25) is 5.69 Å². The van der Waals surface area contributed by atoms with E-state index >= 15 is 0 Å². The lowest BCUT2D eigenvalue weighted by molar-refractivity contribution is -0.614. The molecule has 0 aliphatic heterocycles. The molecule has 140 valence electrons. The number of amides is 1. The zero-order valence-corrected chi connectivity index (χ0v) is 15.0. The number of hydrogen-bond acceptors (Lipinski definition) is 4. The predicted octanol–water partition coefficient (Wildman–Crippen LogP) is 4.05. The largest absolute Gasteiger partial charge is 0.618 e. The van der Waals surface area contributed by atoms with Crippen LogP contribution < -0.4 is 10.0 Å². The third kappa shape index (κ3) is 4.37. The van der Waals surface area contributed by atoms with Gasteiger partial charge in [-0.1, -0.05) is 11.6 Å². The summed E-state index contributed by atoms with van der Waals surface area (Å²) in [6.07, 6.45) is -3.31. The Labute approximate surface area is 160 Å². The van der Waals surface area contributed by atoms with Gasteiger partial charge in [0.15, 0.2) is 6.20 Å². The molecule has 3 rings (SSSR count). The molecule has 0 unspecified atom stereocenters. The Balaban J connectivity index is 1.81. The van der Waals surface area contributed by atoms with E-state index in [1.165, 1.54) is 23.7 Å². The number of nitrogens with one attached hydrogen (secondary N) is 1. The van der Waals surface area contributed by atoms with Crippen molar-refractivity contribution >= 4 is 28.8 Å². The van der Waals surface area contributed by atoms with Crippen molar-refractivity contribution in [1.29, 1.82) is 0 Å². The van der Waals surface area contributed by atoms with Crippen LogP contribution in [0.4, 0.5) is 13.2 Å². The van der Waals surface area contributed by atoms with E-state index < -0.39 is 17.6 Å². The van der Waals surface area contributed by atoms with Gasteiger partial charge in [0.25, 0.3) is 5.91 Å². The average molecular weight is 414 g/mol. The van der Waals surface area contributed by atoms with Gasteiger partial charge in [-0.15, -0.1) is 11.3 Å². The number of carbonyl (C=O) groups is 1. The van der Waals surface area contributed by atoms with Gasteiger partial charge in [0.05, 0.1) is 5.56 Å². The van der Waals surface area contributed by atoms with E-state index in [9.17, 15) is 23.2 Å². The lowest BCUT2D eigenvalue weighted by Gasteiger charge is -2.11. The first-order valence-electron chi connectivity index (χ1n) is 7.53. The van der Waals surface area contributed by atoms with Crippen molar-refractivity contribution in [3.63, 3.8) is 0 Å². The highest BCUT2D eigenvalue weighted by atomic mass is 35.5. The summed E-state index contributed by atoms with van der Waals surface area (Å²) < 4.78 is 40.3. The van der Waals surface area contributed by atoms with E-state index in [-0.39, 0.29) is 27.8 Å². The summed E-state index contributed by atoms with van der Waals surface area (Å²) in [4.78, 5) is 16.2. The zero-order valence-electron chi connectivity index (χ0n) is 13.5. The fourth-order valence-electron chi connectivity index (χ4n) is 2.30. The normalized spacial score (nSPS) is 11.4. The zero-order chi connectivity index (χ0) is 19.6. The minimum absolute atomic E-state index is 0.0357. The summed E-state index contributed by atoms with van der Waals surface area (Å²) in [5.74, 6) is -0.594. The number of aromatic nitrogens is 2. The molecule has 0 fully saturated rings. The summed E-state index contributed by atoms with van der Waals surface area (Å²) in [6.45, 7) is -0.0369. The van der Waals surface area contributed by atoms with Crippen molar-refractivity contribution in [3.05, 3.63) is 75.2 Å².